The van der Waals surface area contributed by atoms with E-state index in [2.05, 4.69) is 39.3 Å². The first-order valence-electron chi connectivity index (χ1n) is 12.1. The van der Waals surface area contributed by atoms with Crippen LogP contribution in [-0.2, 0) is 6.54 Å². The lowest BCUT2D eigenvalue weighted by atomic mass is 10.0. The SMILES string of the molecule is Cc1nn(Cc2cccc(O)c2)c(C)c1-c1c[nH]c2ncc(-c3cnn(C4CCNCC4)c3)cc12.Cl. The summed E-state index contributed by atoms with van der Waals surface area (Å²) in [6.07, 6.45) is 10.2. The Hall–Kier alpha value is -3.62. The minimum atomic E-state index is 0. The summed E-state index contributed by atoms with van der Waals surface area (Å²) in [5.74, 6) is 0.267. The van der Waals surface area contributed by atoms with Gasteiger partial charge in [-0.1, -0.05) is 12.1 Å². The number of piperidine rings is 1. The Bertz CT molecular complexity index is 1510. The number of aromatic nitrogens is 6. The van der Waals surface area contributed by atoms with Crippen molar-refractivity contribution in [3.63, 3.8) is 0 Å². The number of aryl methyl sites for hydroxylation is 1. The molecular weight excluding hydrogens is 474 g/mol. The fraction of sp³-hybridized carbons (Fsp3) is 0.296. The second kappa shape index (κ2) is 9.79. The largest absolute Gasteiger partial charge is 0.508 e. The van der Waals surface area contributed by atoms with Crippen LogP contribution in [0, 0.1) is 13.8 Å². The molecule has 1 aromatic carbocycles. The van der Waals surface area contributed by atoms with Crippen LogP contribution in [0.1, 0.15) is 35.8 Å². The summed E-state index contributed by atoms with van der Waals surface area (Å²) in [6, 6.07) is 9.97. The second-order valence-corrected chi connectivity index (χ2v) is 9.39. The number of aromatic amines is 1. The highest BCUT2D eigenvalue weighted by Gasteiger charge is 2.19. The van der Waals surface area contributed by atoms with Gasteiger partial charge in [-0.05, 0) is 63.5 Å². The van der Waals surface area contributed by atoms with E-state index < -0.39 is 0 Å². The molecule has 0 amide bonds. The number of hydrogen-bond donors (Lipinski definition) is 3. The molecule has 1 saturated heterocycles. The minimum absolute atomic E-state index is 0. The fourth-order valence-electron chi connectivity index (χ4n) is 5.19. The molecule has 1 fully saturated rings. The molecule has 0 saturated carbocycles. The standard InChI is InChI=1S/C27H29N7O.ClH/c1-17-26(18(2)33(32-17)15-19-4-3-5-23(35)10-19)25-14-30-27-24(25)11-20(12-29-27)21-13-31-34(16-21)22-6-8-28-9-7-22;/h3-5,10-14,16,22,28,35H,6-9,15H2,1-2H3,(H,29,30);1H. The zero-order chi connectivity index (χ0) is 23.9. The van der Waals surface area contributed by atoms with Crippen LogP contribution in [0.25, 0.3) is 33.3 Å². The number of benzene rings is 1. The molecule has 3 N–H and O–H groups in total. The van der Waals surface area contributed by atoms with Gasteiger partial charge >= 0.3 is 0 Å². The van der Waals surface area contributed by atoms with Gasteiger partial charge in [-0.3, -0.25) is 9.36 Å². The van der Waals surface area contributed by atoms with Crippen molar-refractivity contribution in [2.24, 2.45) is 0 Å². The van der Waals surface area contributed by atoms with E-state index in [0.29, 0.717) is 12.6 Å². The molecule has 8 nitrogen and oxygen atoms in total. The summed E-state index contributed by atoms with van der Waals surface area (Å²) in [4.78, 5) is 8.05. The molecule has 0 spiro atoms. The Morgan fingerprint density at radius 1 is 1.08 bits per heavy atom. The molecule has 0 atom stereocenters. The van der Waals surface area contributed by atoms with Crippen LogP contribution in [0.2, 0.25) is 0 Å². The average Bonchev–Trinajstić information content (AvgIpc) is 3.58. The number of phenols is 1. The van der Waals surface area contributed by atoms with Gasteiger partial charge in [0.1, 0.15) is 11.4 Å². The van der Waals surface area contributed by atoms with Gasteiger partial charge in [0, 0.05) is 51.9 Å². The van der Waals surface area contributed by atoms with Crippen LogP contribution < -0.4 is 5.32 Å². The molecule has 6 rings (SSSR count). The molecule has 5 heterocycles. The molecule has 36 heavy (non-hydrogen) atoms. The molecule has 0 aliphatic carbocycles. The number of nitrogens with zero attached hydrogens (tertiary/aromatic N) is 5. The lowest BCUT2D eigenvalue weighted by Gasteiger charge is -2.22. The average molecular weight is 504 g/mol. The number of phenolic OH excluding ortho intramolecular Hbond substituents is 1. The van der Waals surface area contributed by atoms with Gasteiger partial charge in [-0.2, -0.15) is 10.2 Å². The summed E-state index contributed by atoms with van der Waals surface area (Å²) in [5, 5.41) is 23.8. The third kappa shape index (κ3) is 4.38. The van der Waals surface area contributed by atoms with Gasteiger partial charge in [0.15, 0.2) is 0 Å². The molecule has 9 heteroatoms. The van der Waals surface area contributed by atoms with Crippen LogP contribution >= 0.6 is 12.4 Å². The van der Waals surface area contributed by atoms with Crippen LogP contribution in [-0.4, -0.2) is 47.7 Å². The predicted molar refractivity (Wildman–Crippen MR) is 144 cm³/mol. The molecule has 0 unspecified atom stereocenters. The molecule has 0 radical (unpaired) electrons. The second-order valence-electron chi connectivity index (χ2n) is 9.39. The zero-order valence-corrected chi connectivity index (χ0v) is 21.2. The minimum Gasteiger partial charge on any atom is -0.508 e. The molecular formula is C27H30ClN7O. The van der Waals surface area contributed by atoms with Crippen molar-refractivity contribution < 1.29 is 5.11 Å². The quantitative estimate of drug-likeness (QED) is 0.313. The Morgan fingerprint density at radius 3 is 2.72 bits per heavy atom. The van der Waals surface area contributed by atoms with E-state index in [1.807, 2.05) is 42.3 Å². The maximum atomic E-state index is 9.83. The Kier molecular flexibility index (Phi) is 6.55. The van der Waals surface area contributed by atoms with E-state index in [4.69, 9.17) is 10.1 Å². The van der Waals surface area contributed by atoms with Crippen molar-refractivity contribution in [1.29, 1.82) is 0 Å². The number of hydrogen-bond acceptors (Lipinski definition) is 5. The first-order valence-corrected chi connectivity index (χ1v) is 12.1. The number of pyridine rings is 1. The fourth-order valence-corrected chi connectivity index (χ4v) is 5.19. The van der Waals surface area contributed by atoms with Gasteiger partial charge in [0.25, 0.3) is 0 Å². The third-order valence-electron chi connectivity index (χ3n) is 7.04. The van der Waals surface area contributed by atoms with E-state index in [-0.39, 0.29) is 18.2 Å². The van der Waals surface area contributed by atoms with E-state index in [1.54, 1.807) is 12.1 Å². The predicted octanol–water partition coefficient (Wildman–Crippen LogP) is 5.01. The van der Waals surface area contributed by atoms with Crippen molar-refractivity contribution in [2.45, 2.75) is 39.3 Å². The summed E-state index contributed by atoms with van der Waals surface area (Å²) >= 11 is 0. The zero-order valence-electron chi connectivity index (χ0n) is 20.4. The number of nitrogens with one attached hydrogen (secondary N) is 2. The highest BCUT2D eigenvalue weighted by Crippen LogP contribution is 2.35. The molecule has 186 valence electrons. The van der Waals surface area contributed by atoms with Crippen LogP contribution in [0.4, 0.5) is 0 Å². The number of rotatable bonds is 5. The lowest BCUT2D eigenvalue weighted by Crippen LogP contribution is -2.29. The molecule has 4 aromatic heterocycles. The van der Waals surface area contributed by atoms with E-state index in [0.717, 1.165) is 76.2 Å². The molecule has 1 aliphatic rings. The Morgan fingerprint density at radius 2 is 1.92 bits per heavy atom. The molecule has 0 bridgehead atoms. The Balaban J connectivity index is 0.00000267. The van der Waals surface area contributed by atoms with Gasteiger partial charge in [0.2, 0.25) is 0 Å². The monoisotopic (exact) mass is 503 g/mol. The van der Waals surface area contributed by atoms with E-state index in [9.17, 15) is 5.11 Å². The summed E-state index contributed by atoms with van der Waals surface area (Å²) < 4.78 is 4.11. The van der Waals surface area contributed by atoms with Crippen LogP contribution in [0.15, 0.2) is 55.1 Å². The van der Waals surface area contributed by atoms with E-state index in [1.165, 1.54) is 0 Å². The van der Waals surface area contributed by atoms with Crippen molar-refractivity contribution in [1.82, 2.24) is 34.8 Å². The summed E-state index contributed by atoms with van der Waals surface area (Å²) in [7, 11) is 0. The maximum absolute atomic E-state index is 9.83. The molecule has 5 aromatic rings. The maximum Gasteiger partial charge on any atom is 0.137 e. The van der Waals surface area contributed by atoms with Gasteiger partial charge in [0.05, 0.1) is 24.5 Å². The van der Waals surface area contributed by atoms with Crippen LogP contribution in [0.5, 0.6) is 5.75 Å². The van der Waals surface area contributed by atoms with Gasteiger partial charge in [-0.15, -0.1) is 12.4 Å². The van der Waals surface area contributed by atoms with Gasteiger partial charge < -0.3 is 15.4 Å². The van der Waals surface area contributed by atoms with Crippen molar-refractivity contribution >= 4 is 23.4 Å². The number of fused-ring (bicyclic) bond motifs is 1. The number of halogens is 1. The first kappa shape index (κ1) is 24.1. The van der Waals surface area contributed by atoms with Crippen molar-refractivity contribution in [2.75, 3.05) is 13.1 Å². The molecule has 1 aliphatic heterocycles. The highest BCUT2D eigenvalue weighted by atomic mass is 35.5. The van der Waals surface area contributed by atoms with Crippen molar-refractivity contribution in [3.05, 3.63) is 72.1 Å². The smallest absolute Gasteiger partial charge is 0.137 e. The first-order chi connectivity index (χ1) is 17.1. The number of H-pyrrole nitrogens is 1. The highest BCUT2D eigenvalue weighted by molar-refractivity contribution is 5.96. The van der Waals surface area contributed by atoms with Gasteiger partial charge in [-0.25, -0.2) is 4.98 Å². The third-order valence-corrected chi connectivity index (χ3v) is 7.04. The Labute approximate surface area is 215 Å². The van der Waals surface area contributed by atoms with Crippen LogP contribution in [0.3, 0.4) is 0 Å². The van der Waals surface area contributed by atoms with Crippen molar-refractivity contribution in [3.8, 4) is 28.0 Å². The number of aromatic hydroxyl groups is 1. The normalized spacial score (nSPS) is 14.3. The van der Waals surface area contributed by atoms with E-state index >= 15 is 0 Å². The summed E-state index contributed by atoms with van der Waals surface area (Å²) in [6.45, 7) is 6.82. The topological polar surface area (TPSA) is 96.6 Å². The summed E-state index contributed by atoms with van der Waals surface area (Å²) in [5.41, 5.74) is 8.26. The lowest BCUT2D eigenvalue weighted by molar-refractivity contribution is 0.343.